The van der Waals surface area contributed by atoms with E-state index in [1.54, 1.807) is 44.4 Å². The summed E-state index contributed by atoms with van der Waals surface area (Å²) >= 11 is 0. The number of ether oxygens (including phenoxy) is 3. The first-order chi connectivity index (χ1) is 16.8. The van der Waals surface area contributed by atoms with E-state index in [1.807, 2.05) is 0 Å². The smallest absolute Gasteiger partial charge is 0.313 e. The third kappa shape index (κ3) is 3.83. The van der Waals surface area contributed by atoms with Crippen LogP contribution in [0.1, 0.15) is 19.8 Å². The maximum atomic E-state index is 14.2. The molecule has 188 valence electrons. The highest BCUT2D eigenvalue weighted by atomic mass is 16.6. The molecule has 3 aliphatic heterocycles. The Bertz CT molecular complexity index is 1030. The molecule has 0 saturated carbocycles. The summed E-state index contributed by atoms with van der Waals surface area (Å²) in [4.78, 5) is 43.8. The molecule has 9 heteroatoms. The molecular formula is C26H32N2O7. The second-order valence-electron chi connectivity index (χ2n) is 9.34. The number of esters is 1. The minimum absolute atomic E-state index is 0.0205. The van der Waals surface area contributed by atoms with Gasteiger partial charge in [0.2, 0.25) is 5.91 Å². The Morgan fingerprint density at radius 2 is 1.97 bits per heavy atom. The van der Waals surface area contributed by atoms with E-state index in [0.717, 1.165) is 0 Å². The number of amides is 2. The summed E-state index contributed by atoms with van der Waals surface area (Å²) < 4.78 is 17.1. The first-order valence-electron chi connectivity index (χ1n) is 11.7. The molecule has 35 heavy (non-hydrogen) atoms. The van der Waals surface area contributed by atoms with Crippen molar-refractivity contribution in [2.75, 3.05) is 38.3 Å². The molecule has 4 rings (SSSR count). The number of carbonyl (C=O) groups is 3. The van der Waals surface area contributed by atoms with Crippen LogP contribution in [0.15, 0.2) is 49.6 Å². The number of hydrogen-bond acceptors (Lipinski definition) is 7. The molecule has 2 bridgehead atoms. The van der Waals surface area contributed by atoms with Crippen molar-refractivity contribution in [3.8, 4) is 5.75 Å². The molecule has 0 aliphatic carbocycles. The lowest BCUT2D eigenvalue weighted by atomic mass is 9.66. The summed E-state index contributed by atoms with van der Waals surface area (Å²) in [5.41, 5.74) is -1.51. The van der Waals surface area contributed by atoms with Crippen LogP contribution < -0.4 is 9.64 Å². The standard InChI is InChI=1S/C26H32N2O7/c1-5-13-27(17-7-9-18(33-4)10-8-17)23(31)21-26-12-11-25(3,35-26)20(24(32)34-16-6-2)19(26)22(30)28(21)14-15-29/h5-10,19-21,29H,1-2,11-16H2,3-4H3/t19-,20+,21?,25-,26?/m0/s1. The van der Waals surface area contributed by atoms with Gasteiger partial charge in [-0.1, -0.05) is 18.7 Å². The largest absolute Gasteiger partial charge is 0.497 e. The van der Waals surface area contributed by atoms with Gasteiger partial charge in [0.25, 0.3) is 5.91 Å². The maximum absolute atomic E-state index is 14.2. The number of likely N-dealkylation sites (tertiary alicyclic amines) is 1. The highest BCUT2D eigenvalue weighted by Crippen LogP contribution is 2.63. The SMILES string of the molecule is C=CCOC(=O)[C@H]1[C@H]2C(=O)N(CCO)C(C(=O)N(CC=C)c3ccc(OC)cc3)C23CC[C@]1(C)O3. The number of aliphatic hydroxyl groups excluding tert-OH is 1. The van der Waals surface area contributed by atoms with Crippen molar-refractivity contribution < 1.29 is 33.7 Å². The summed E-state index contributed by atoms with van der Waals surface area (Å²) in [6, 6.07) is 6.00. The van der Waals surface area contributed by atoms with Gasteiger partial charge in [-0.05, 0) is 44.0 Å². The van der Waals surface area contributed by atoms with E-state index in [2.05, 4.69) is 13.2 Å². The highest BCUT2D eigenvalue weighted by Gasteiger charge is 2.78. The lowest BCUT2D eigenvalue weighted by molar-refractivity contribution is -0.158. The Morgan fingerprint density at radius 1 is 1.26 bits per heavy atom. The van der Waals surface area contributed by atoms with E-state index in [0.29, 0.717) is 24.3 Å². The Hall–Kier alpha value is -3.17. The van der Waals surface area contributed by atoms with E-state index < -0.39 is 35.0 Å². The molecule has 1 aromatic rings. The van der Waals surface area contributed by atoms with E-state index in [9.17, 15) is 19.5 Å². The molecule has 3 heterocycles. The zero-order valence-corrected chi connectivity index (χ0v) is 20.1. The van der Waals surface area contributed by atoms with Gasteiger partial charge < -0.3 is 29.1 Å². The third-order valence-corrected chi connectivity index (χ3v) is 7.41. The van der Waals surface area contributed by atoms with Crippen LogP contribution in [0.25, 0.3) is 0 Å². The first kappa shape index (κ1) is 24.9. The van der Waals surface area contributed by atoms with Crippen LogP contribution in [0.2, 0.25) is 0 Å². The van der Waals surface area contributed by atoms with Crippen molar-refractivity contribution in [2.24, 2.45) is 11.8 Å². The molecule has 3 fully saturated rings. The van der Waals surface area contributed by atoms with E-state index in [4.69, 9.17) is 14.2 Å². The molecule has 1 N–H and O–H groups in total. The van der Waals surface area contributed by atoms with Gasteiger partial charge in [-0.25, -0.2) is 0 Å². The van der Waals surface area contributed by atoms with Crippen LogP contribution in [-0.4, -0.2) is 78.4 Å². The fourth-order valence-electron chi connectivity index (χ4n) is 6.00. The minimum atomic E-state index is -1.19. The van der Waals surface area contributed by atoms with Crippen LogP contribution in [0.4, 0.5) is 5.69 Å². The van der Waals surface area contributed by atoms with Crippen molar-refractivity contribution in [1.29, 1.82) is 0 Å². The second-order valence-corrected chi connectivity index (χ2v) is 9.34. The molecule has 2 amide bonds. The summed E-state index contributed by atoms with van der Waals surface area (Å²) in [6.45, 7) is 9.01. The average molecular weight is 485 g/mol. The van der Waals surface area contributed by atoms with Gasteiger partial charge in [-0.15, -0.1) is 6.58 Å². The van der Waals surface area contributed by atoms with Gasteiger partial charge in [0.05, 0.1) is 25.2 Å². The van der Waals surface area contributed by atoms with Gasteiger partial charge >= 0.3 is 5.97 Å². The number of aliphatic hydroxyl groups is 1. The number of carbonyl (C=O) groups excluding carboxylic acids is 3. The van der Waals surface area contributed by atoms with Crippen LogP contribution in [-0.2, 0) is 23.9 Å². The van der Waals surface area contributed by atoms with Crippen molar-refractivity contribution in [3.63, 3.8) is 0 Å². The zero-order chi connectivity index (χ0) is 25.4. The predicted octanol–water partition coefficient (Wildman–Crippen LogP) is 1.70. The van der Waals surface area contributed by atoms with Crippen LogP contribution >= 0.6 is 0 Å². The Morgan fingerprint density at radius 3 is 2.57 bits per heavy atom. The van der Waals surface area contributed by atoms with Crippen LogP contribution in [0.5, 0.6) is 5.75 Å². The number of β-amino-alcohol motifs (C(OH)–C–C–N with tert-alkyl or cyclic N) is 1. The number of methoxy groups -OCH3 is 1. The molecule has 0 radical (unpaired) electrons. The van der Waals surface area contributed by atoms with Gasteiger partial charge in [-0.2, -0.15) is 0 Å². The molecule has 9 nitrogen and oxygen atoms in total. The van der Waals surface area contributed by atoms with E-state index >= 15 is 0 Å². The number of fused-ring (bicyclic) bond motifs is 1. The molecule has 1 aromatic carbocycles. The molecule has 1 spiro atoms. The van der Waals surface area contributed by atoms with Crippen molar-refractivity contribution in [2.45, 2.75) is 37.0 Å². The Kier molecular flexibility index (Phi) is 6.75. The van der Waals surface area contributed by atoms with Gasteiger partial charge in [0.15, 0.2) is 0 Å². The molecule has 3 aliphatic rings. The van der Waals surface area contributed by atoms with E-state index in [1.165, 1.54) is 15.9 Å². The van der Waals surface area contributed by atoms with Crippen molar-refractivity contribution >= 4 is 23.5 Å². The zero-order valence-electron chi connectivity index (χ0n) is 20.1. The minimum Gasteiger partial charge on any atom is -0.497 e. The summed E-state index contributed by atoms with van der Waals surface area (Å²) in [5.74, 6) is -2.36. The predicted molar refractivity (Wildman–Crippen MR) is 128 cm³/mol. The quantitative estimate of drug-likeness (QED) is 0.398. The Labute approximate surface area is 204 Å². The number of anilines is 1. The number of rotatable bonds is 10. The fraction of sp³-hybridized carbons (Fsp3) is 0.500. The summed E-state index contributed by atoms with van der Waals surface area (Å²) in [7, 11) is 1.56. The highest BCUT2D eigenvalue weighted by molar-refractivity contribution is 6.04. The first-order valence-corrected chi connectivity index (χ1v) is 11.7. The lowest BCUT2D eigenvalue weighted by Crippen LogP contribution is -2.56. The maximum Gasteiger partial charge on any atom is 0.313 e. The van der Waals surface area contributed by atoms with Crippen molar-refractivity contribution in [3.05, 3.63) is 49.6 Å². The average Bonchev–Trinajstić information content (AvgIpc) is 3.42. The van der Waals surface area contributed by atoms with Crippen LogP contribution in [0, 0.1) is 11.8 Å². The lowest BCUT2D eigenvalue weighted by Gasteiger charge is -2.36. The van der Waals surface area contributed by atoms with E-state index in [-0.39, 0.29) is 38.1 Å². The number of nitrogens with zero attached hydrogens (tertiary/aromatic N) is 2. The fourth-order valence-corrected chi connectivity index (χ4v) is 6.00. The molecule has 0 aromatic heterocycles. The molecule has 5 atom stereocenters. The monoisotopic (exact) mass is 484 g/mol. The summed E-state index contributed by atoms with van der Waals surface area (Å²) in [5, 5.41) is 9.74. The topological polar surface area (TPSA) is 106 Å². The second kappa shape index (κ2) is 9.47. The molecular weight excluding hydrogens is 452 g/mol. The van der Waals surface area contributed by atoms with Gasteiger partial charge in [0, 0.05) is 18.8 Å². The Balaban J connectivity index is 1.76. The van der Waals surface area contributed by atoms with Gasteiger partial charge in [0.1, 0.15) is 29.9 Å². The molecule has 2 unspecified atom stereocenters. The van der Waals surface area contributed by atoms with Crippen molar-refractivity contribution in [1.82, 2.24) is 4.90 Å². The van der Waals surface area contributed by atoms with Crippen LogP contribution in [0.3, 0.4) is 0 Å². The normalized spacial score (nSPS) is 30.7. The van der Waals surface area contributed by atoms with Gasteiger partial charge in [-0.3, -0.25) is 14.4 Å². The number of benzene rings is 1. The summed E-state index contributed by atoms with van der Waals surface area (Å²) in [6.07, 6.45) is 4.01. The third-order valence-electron chi connectivity index (χ3n) is 7.41. The molecule has 3 saturated heterocycles. The number of hydrogen-bond donors (Lipinski definition) is 1.